The van der Waals surface area contributed by atoms with Crippen LogP contribution in [0.25, 0.3) is 42.2 Å². The Hall–Kier alpha value is -2.17. The molecule has 5 rings (SSSR count). The second-order valence-electron chi connectivity index (χ2n) is 11.0. The topological polar surface area (TPSA) is 12.9 Å². The van der Waals surface area contributed by atoms with Crippen molar-refractivity contribution in [1.29, 1.82) is 0 Å². The molecule has 32 heavy (non-hydrogen) atoms. The predicted molar refractivity (Wildman–Crippen MR) is 146 cm³/mol. The summed E-state index contributed by atoms with van der Waals surface area (Å²) in [7, 11) is 0. The second-order valence-corrected chi connectivity index (χ2v) is 22.5. The summed E-state index contributed by atoms with van der Waals surface area (Å²) < 4.78 is 4.44. The molecule has 5 aromatic rings. The molecule has 0 spiro atoms. The molecule has 2 aromatic heterocycles. The van der Waals surface area contributed by atoms with E-state index in [-0.39, 0.29) is 5.41 Å². The Labute approximate surface area is 197 Å². The van der Waals surface area contributed by atoms with Crippen molar-refractivity contribution in [3.63, 3.8) is 0 Å². The van der Waals surface area contributed by atoms with E-state index in [2.05, 4.69) is 99.6 Å². The Morgan fingerprint density at radius 2 is 1.53 bits per heavy atom. The van der Waals surface area contributed by atoms with Gasteiger partial charge in [0.25, 0.3) is 0 Å². The first kappa shape index (κ1) is 21.7. The normalized spacial score (nSPS) is 12.8. The van der Waals surface area contributed by atoms with Gasteiger partial charge in [-0.05, 0) is 0 Å². The first-order valence-corrected chi connectivity index (χ1v) is 19.6. The summed E-state index contributed by atoms with van der Waals surface area (Å²) in [4.78, 5) is 4.94. The van der Waals surface area contributed by atoms with Crippen molar-refractivity contribution in [1.82, 2.24) is 4.98 Å². The van der Waals surface area contributed by atoms with Crippen LogP contribution in [0.4, 0.5) is 0 Å². The van der Waals surface area contributed by atoms with Crippen LogP contribution < -0.4 is 4.40 Å². The van der Waals surface area contributed by atoms with E-state index in [9.17, 15) is 0 Å². The summed E-state index contributed by atoms with van der Waals surface area (Å²) in [6, 6.07) is 20.3. The van der Waals surface area contributed by atoms with Crippen molar-refractivity contribution in [2.45, 2.75) is 50.4 Å². The van der Waals surface area contributed by atoms with Gasteiger partial charge < -0.3 is 0 Å². The molecular formula is C29H31GeNS. The molecule has 0 aliphatic heterocycles. The molecule has 0 unspecified atom stereocenters. The number of fused-ring (bicyclic) bond motifs is 4. The van der Waals surface area contributed by atoms with Crippen LogP contribution in [0, 0.1) is 6.92 Å². The molecule has 1 nitrogen and oxygen atoms in total. The van der Waals surface area contributed by atoms with E-state index in [1.165, 1.54) is 47.6 Å². The molecule has 2 heterocycles. The van der Waals surface area contributed by atoms with Crippen LogP contribution in [0.15, 0.2) is 60.8 Å². The number of aromatic nitrogens is 1. The van der Waals surface area contributed by atoms with Gasteiger partial charge in [-0.25, -0.2) is 0 Å². The predicted octanol–water partition coefficient (Wildman–Crippen LogP) is 8.42. The Morgan fingerprint density at radius 1 is 0.812 bits per heavy atom. The summed E-state index contributed by atoms with van der Waals surface area (Å²) in [6.45, 7) is 9.19. The maximum absolute atomic E-state index is 4.94. The van der Waals surface area contributed by atoms with E-state index in [1.54, 1.807) is 4.40 Å². The van der Waals surface area contributed by atoms with Gasteiger partial charge in [0, 0.05) is 0 Å². The fourth-order valence-corrected chi connectivity index (χ4v) is 12.7. The number of pyridine rings is 1. The summed E-state index contributed by atoms with van der Waals surface area (Å²) in [6.07, 6.45) is 1.99. The molecule has 0 aliphatic carbocycles. The number of aryl methyl sites for hydroxylation is 1. The number of nitrogens with zero attached hydrogens (tertiary/aromatic N) is 1. The summed E-state index contributed by atoms with van der Waals surface area (Å²) >= 11 is -0.0809. The molecular weight excluding hydrogens is 467 g/mol. The quantitative estimate of drug-likeness (QED) is 0.223. The van der Waals surface area contributed by atoms with Gasteiger partial charge in [-0.1, -0.05) is 0 Å². The zero-order chi connectivity index (χ0) is 22.8. The van der Waals surface area contributed by atoms with Crippen LogP contribution in [-0.4, -0.2) is 18.3 Å². The van der Waals surface area contributed by atoms with Crippen LogP contribution in [0.1, 0.15) is 31.9 Å². The van der Waals surface area contributed by atoms with E-state index in [0.717, 1.165) is 5.69 Å². The summed E-state index contributed by atoms with van der Waals surface area (Å²) in [5.41, 5.74) is 5.23. The minimum atomic E-state index is -2.03. The number of rotatable bonds is 2. The second kappa shape index (κ2) is 7.43. The van der Waals surface area contributed by atoms with Crippen LogP contribution in [-0.2, 0) is 5.41 Å². The van der Waals surface area contributed by atoms with Crippen LogP contribution in [0.2, 0.25) is 17.3 Å². The van der Waals surface area contributed by atoms with Crippen molar-refractivity contribution in [3.05, 3.63) is 71.9 Å². The van der Waals surface area contributed by atoms with Gasteiger partial charge in [0.1, 0.15) is 0 Å². The van der Waals surface area contributed by atoms with Crippen LogP contribution >= 0.6 is 11.3 Å². The zero-order valence-corrected chi connectivity index (χ0v) is 23.0. The molecule has 0 bridgehead atoms. The number of benzene rings is 3. The van der Waals surface area contributed by atoms with E-state index in [1.807, 2.05) is 17.5 Å². The van der Waals surface area contributed by atoms with Gasteiger partial charge in [0.05, 0.1) is 0 Å². The van der Waals surface area contributed by atoms with Crippen molar-refractivity contribution >= 4 is 59.9 Å². The monoisotopic (exact) mass is 499 g/mol. The van der Waals surface area contributed by atoms with E-state index in [4.69, 9.17) is 4.98 Å². The van der Waals surface area contributed by atoms with Gasteiger partial charge in [-0.15, -0.1) is 0 Å². The Kier molecular flexibility index (Phi) is 5.03. The van der Waals surface area contributed by atoms with Crippen molar-refractivity contribution in [2.75, 3.05) is 0 Å². The number of hydrogen-bond acceptors (Lipinski definition) is 2. The third kappa shape index (κ3) is 3.48. The van der Waals surface area contributed by atoms with Crippen LogP contribution in [0.5, 0.6) is 0 Å². The minimum absolute atomic E-state index is 0.0632. The van der Waals surface area contributed by atoms with E-state index in [0.29, 0.717) is 0 Å². The SMILES string of the molecule is Cc1ccc2c(sc3c(-c4cc(C(C)(C)C)c5ccccc5c4)nccc32)[c]1[Ge]([CH3])([CH3])[CH3]. The molecule has 0 saturated carbocycles. The molecule has 0 aliphatic rings. The van der Waals surface area contributed by atoms with E-state index < -0.39 is 13.3 Å². The fraction of sp³-hybridized carbons (Fsp3) is 0.276. The van der Waals surface area contributed by atoms with Gasteiger partial charge in [-0.3, -0.25) is 0 Å². The Morgan fingerprint density at radius 3 is 2.25 bits per heavy atom. The fourth-order valence-electron chi connectivity index (χ4n) is 5.07. The standard InChI is InChI=1S/C29H31GeNS/c1-18-12-13-22-23-14-15-31-26(28(23)32-27(22)25(18)30(5,6)7)20-16-19-10-8-9-11-21(19)24(17-20)29(2,3)4/h8-17H,1-7H3. The third-order valence-electron chi connectivity index (χ3n) is 6.46. The molecule has 0 amide bonds. The van der Waals surface area contributed by atoms with E-state index >= 15 is 0 Å². The summed E-state index contributed by atoms with van der Waals surface area (Å²) in [5, 5.41) is 5.36. The van der Waals surface area contributed by atoms with Crippen LogP contribution in [0.3, 0.4) is 0 Å². The van der Waals surface area contributed by atoms with Gasteiger partial charge in [-0.2, -0.15) is 0 Å². The Bertz CT molecular complexity index is 1500. The van der Waals surface area contributed by atoms with Crippen molar-refractivity contribution in [3.8, 4) is 11.3 Å². The molecule has 0 N–H and O–H groups in total. The third-order valence-corrected chi connectivity index (χ3v) is 12.6. The van der Waals surface area contributed by atoms with Gasteiger partial charge >= 0.3 is 198 Å². The van der Waals surface area contributed by atoms with Crippen molar-refractivity contribution < 1.29 is 0 Å². The maximum atomic E-state index is 4.94. The number of hydrogen-bond donors (Lipinski definition) is 0. The average molecular weight is 498 g/mol. The molecule has 0 saturated heterocycles. The first-order valence-electron chi connectivity index (χ1n) is 11.4. The van der Waals surface area contributed by atoms with Gasteiger partial charge in [0.2, 0.25) is 0 Å². The Balaban J connectivity index is 1.87. The summed E-state index contributed by atoms with van der Waals surface area (Å²) in [5.74, 6) is 7.51. The molecule has 3 heteroatoms. The molecule has 0 atom stereocenters. The van der Waals surface area contributed by atoms with Gasteiger partial charge in [0.15, 0.2) is 0 Å². The van der Waals surface area contributed by atoms with Crippen molar-refractivity contribution in [2.24, 2.45) is 0 Å². The number of thiophene rings is 1. The zero-order valence-electron chi connectivity index (χ0n) is 20.1. The molecule has 0 radical (unpaired) electrons. The molecule has 3 aromatic carbocycles. The average Bonchev–Trinajstić information content (AvgIpc) is 3.09. The molecule has 162 valence electrons. The molecule has 0 fully saturated rings. The first-order chi connectivity index (χ1) is 15.1.